The Bertz CT molecular complexity index is 1430. The monoisotopic (exact) mass is 521 g/mol. The van der Waals surface area contributed by atoms with E-state index in [1.165, 1.54) is 6.33 Å². The number of amides is 2. The highest BCUT2D eigenvalue weighted by atomic mass is 79.9. The number of carbonyl (C=O) groups is 2. The molecular weight excluding hydrogens is 498 g/mol. The minimum atomic E-state index is -0.571. The number of aryl methyl sites for hydroxylation is 1. The number of nitrogens with one attached hydrogen (secondary N) is 1. The first kappa shape index (κ1) is 22.3. The summed E-state index contributed by atoms with van der Waals surface area (Å²) in [6.07, 6.45) is 2.75. The molecular formula is C24H24BrN7O2. The normalized spacial score (nSPS) is 18.0. The van der Waals surface area contributed by atoms with Gasteiger partial charge in [-0.05, 0) is 66.4 Å². The summed E-state index contributed by atoms with van der Waals surface area (Å²) < 4.78 is 2.49. The van der Waals surface area contributed by atoms with Crippen LogP contribution in [0.3, 0.4) is 0 Å². The van der Waals surface area contributed by atoms with Crippen molar-refractivity contribution >= 4 is 61.3 Å². The van der Waals surface area contributed by atoms with E-state index in [1.807, 2.05) is 36.6 Å². The van der Waals surface area contributed by atoms with Gasteiger partial charge in [0.05, 0.1) is 10.9 Å². The summed E-state index contributed by atoms with van der Waals surface area (Å²) in [5.74, 6) is 0.424. The summed E-state index contributed by atoms with van der Waals surface area (Å²) in [6, 6.07) is 10.7. The Kier molecular flexibility index (Phi) is 5.68. The molecule has 1 saturated heterocycles. The number of carbonyl (C=O) groups excluding carboxylic acids is 2. The molecule has 4 heterocycles. The maximum atomic E-state index is 13.6. The zero-order chi connectivity index (χ0) is 24.0. The van der Waals surface area contributed by atoms with E-state index in [0.29, 0.717) is 28.3 Å². The van der Waals surface area contributed by atoms with Gasteiger partial charge in [0.2, 0.25) is 11.8 Å². The van der Waals surface area contributed by atoms with Crippen molar-refractivity contribution in [2.24, 2.45) is 0 Å². The fourth-order valence-corrected chi connectivity index (χ4v) is 5.11. The Morgan fingerprint density at radius 3 is 2.82 bits per heavy atom. The van der Waals surface area contributed by atoms with Crippen LogP contribution in [0.1, 0.15) is 25.3 Å². The van der Waals surface area contributed by atoms with E-state index in [2.05, 4.69) is 36.2 Å². The molecule has 3 N–H and O–H groups in total. The summed E-state index contributed by atoms with van der Waals surface area (Å²) in [6.45, 7) is 4.01. The van der Waals surface area contributed by atoms with E-state index in [0.717, 1.165) is 28.3 Å². The van der Waals surface area contributed by atoms with E-state index in [1.54, 1.807) is 23.1 Å². The van der Waals surface area contributed by atoms with Gasteiger partial charge in [0.25, 0.3) is 0 Å². The molecule has 1 aliphatic heterocycles. The van der Waals surface area contributed by atoms with Crippen LogP contribution < -0.4 is 11.1 Å². The maximum absolute atomic E-state index is 13.6. The third kappa shape index (κ3) is 3.87. The summed E-state index contributed by atoms with van der Waals surface area (Å²) >= 11 is 3.31. The van der Waals surface area contributed by atoms with Crippen LogP contribution in [-0.2, 0) is 16.1 Å². The van der Waals surface area contributed by atoms with E-state index < -0.39 is 6.04 Å². The molecule has 9 nitrogen and oxygen atoms in total. The van der Waals surface area contributed by atoms with Gasteiger partial charge in [-0.1, -0.05) is 18.2 Å². The van der Waals surface area contributed by atoms with Crippen LogP contribution in [0.5, 0.6) is 0 Å². The highest BCUT2D eigenvalue weighted by Gasteiger charge is 2.39. The molecule has 1 aliphatic rings. The molecule has 0 bridgehead atoms. The van der Waals surface area contributed by atoms with Crippen molar-refractivity contribution in [2.75, 3.05) is 11.1 Å². The van der Waals surface area contributed by atoms with Gasteiger partial charge >= 0.3 is 0 Å². The van der Waals surface area contributed by atoms with Crippen molar-refractivity contribution in [2.45, 2.75) is 45.3 Å². The first-order valence-electron chi connectivity index (χ1n) is 11.1. The number of benzene rings is 1. The number of anilines is 2. The number of nitrogen functional groups attached to an aromatic ring is 1. The molecule has 0 radical (unpaired) electrons. The van der Waals surface area contributed by atoms with E-state index in [4.69, 9.17) is 5.73 Å². The molecule has 2 atom stereocenters. The molecule has 0 unspecified atom stereocenters. The van der Waals surface area contributed by atoms with Gasteiger partial charge < -0.3 is 20.5 Å². The van der Waals surface area contributed by atoms with Crippen molar-refractivity contribution < 1.29 is 9.59 Å². The van der Waals surface area contributed by atoms with Crippen LogP contribution in [0.2, 0.25) is 0 Å². The maximum Gasteiger partial charge on any atom is 0.248 e. The summed E-state index contributed by atoms with van der Waals surface area (Å²) in [4.78, 5) is 41.3. The van der Waals surface area contributed by atoms with Crippen LogP contribution in [0.25, 0.3) is 21.9 Å². The molecule has 1 aromatic carbocycles. The molecule has 34 heavy (non-hydrogen) atoms. The first-order chi connectivity index (χ1) is 16.3. The smallest absolute Gasteiger partial charge is 0.248 e. The van der Waals surface area contributed by atoms with Crippen LogP contribution >= 0.6 is 15.9 Å². The SMILES string of the molecule is Cc1ccc2c3c(N)ncnc3n(CC(=O)N3[C@H](C)CC[C@H]3C(=O)Nc3cccc(Br)n3)c2c1. The number of fused-ring (bicyclic) bond motifs is 3. The minimum Gasteiger partial charge on any atom is -0.383 e. The first-order valence-corrected chi connectivity index (χ1v) is 11.9. The van der Waals surface area contributed by atoms with Crippen molar-refractivity contribution in [3.05, 3.63) is 52.9 Å². The second-order valence-electron chi connectivity index (χ2n) is 8.64. The number of hydrogen-bond donors (Lipinski definition) is 2. The number of nitrogens with zero attached hydrogens (tertiary/aromatic N) is 5. The Labute approximate surface area is 204 Å². The predicted molar refractivity (Wildman–Crippen MR) is 134 cm³/mol. The number of likely N-dealkylation sites (tertiary alicyclic amines) is 1. The third-order valence-corrected chi connectivity index (χ3v) is 6.79. The van der Waals surface area contributed by atoms with E-state index in [9.17, 15) is 9.59 Å². The zero-order valence-corrected chi connectivity index (χ0v) is 20.4. The highest BCUT2D eigenvalue weighted by molar-refractivity contribution is 9.10. The molecule has 0 spiro atoms. The fourth-order valence-electron chi connectivity index (χ4n) is 4.77. The van der Waals surface area contributed by atoms with E-state index in [-0.39, 0.29) is 24.4 Å². The molecule has 10 heteroatoms. The average molecular weight is 522 g/mol. The summed E-state index contributed by atoms with van der Waals surface area (Å²) in [7, 11) is 0. The lowest BCUT2D eigenvalue weighted by molar-refractivity contribution is -0.138. The Morgan fingerprint density at radius 2 is 2.03 bits per heavy atom. The second-order valence-corrected chi connectivity index (χ2v) is 9.45. The lowest BCUT2D eigenvalue weighted by Gasteiger charge is -2.28. The number of rotatable bonds is 4. The Morgan fingerprint density at radius 1 is 1.21 bits per heavy atom. The van der Waals surface area contributed by atoms with Crippen LogP contribution in [0, 0.1) is 6.92 Å². The van der Waals surface area contributed by atoms with Gasteiger partial charge in [-0.3, -0.25) is 9.59 Å². The van der Waals surface area contributed by atoms with Gasteiger partial charge in [0.15, 0.2) is 0 Å². The number of aromatic nitrogens is 4. The lowest BCUT2D eigenvalue weighted by atomic mass is 10.1. The van der Waals surface area contributed by atoms with Crippen molar-refractivity contribution in [1.29, 1.82) is 0 Å². The number of halogens is 1. The highest BCUT2D eigenvalue weighted by Crippen LogP contribution is 2.32. The number of hydrogen-bond acceptors (Lipinski definition) is 6. The van der Waals surface area contributed by atoms with Gasteiger partial charge in [-0.2, -0.15) is 0 Å². The van der Waals surface area contributed by atoms with Crippen LogP contribution in [0.15, 0.2) is 47.3 Å². The van der Waals surface area contributed by atoms with E-state index >= 15 is 0 Å². The Balaban J connectivity index is 1.47. The molecule has 174 valence electrons. The fraction of sp³-hybridized carbons (Fsp3) is 0.292. The Hall–Kier alpha value is -3.53. The minimum absolute atomic E-state index is 0.0448. The quantitative estimate of drug-likeness (QED) is 0.395. The third-order valence-electron chi connectivity index (χ3n) is 6.34. The molecule has 5 rings (SSSR count). The van der Waals surface area contributed by atoms with Crippen molar-refractivity contribution in [3.8, 4) is 0 Å². The predicted octanol–water partition coefficient (Wildman–Crippen LogP) is 3.65. The molecule has 2 amide bonds. The standard InChI is InChI=1S/C24H24BrN7O2/c1-13-6-8-15-17(10-13)31(23-21(15)22(26)27-12-28-23)11-20(33)32-14(2)7-9-16(32)24(34)30-19-5-3-4-18(25)29-19/h3-6,8,10,12,14,16H,7,9,11H2,1-2H3,(H2,26,27,28)(H,29,30,34)/t14-,16+/m1/s1. The zero-order valence-electron chi connectivity index (χ0n) is 18.8. The molecule has 4 aromatic rings. The van der Waals surface area contributed by atoms with Gasteiger partial charge in [0.1, 0.15) is 40.8 Å². The van der Waals surface area contributed by atoms with Crippen molar-refractivity contribution in [1.82, 2.24) is 24.4 Å². The molecule has 0 saturated carbocycles. The largest absolute Gasteiger partial charge is 0.383 e. The number of nitrogens with two attached hydrogens (primary N) is 1. The van der Waals surface area contributed by atoms with Crippen molar-refractivity contribution in [3.63, 3.8) is 0 Å². The van der Waals surface area contributed by atoms with Gasteiger partial charge in [-0.15, -0.1) is 0 Å². The topological polar surface area (TPSA) is 119 Å². The number of pyridine rings is 1. The second kappa shape index (κ2) is 8.68. The lowest BCUT2D eigenvalue weighted by Crippen LogP contribution is -2.47. The van der Waals surface area contributed by atoms with Crippen LogP contribution in [-0.4, -0.2) is 48.3 Å². The average Bonchev–Trinajstić information content (AvgIpc) is 3.33. The summed E-state index contributed by atoms with van der Waals surface area (Å²) in [5.41, 5.74) is 8.70. The van der Waals surface area contributed by atoms with Gasteiger partial charge in [0, 0.05) is 11.4 Å². The summed E-state index contributed by atoms with van der Waals surface area (Å²) in [5, 5.41) is 4.48. The van der Waals surface area contributed by atoms with Gasteiger partial charge in [-0.25, -0.2) is 15.0 Å². The molecule has 1 fully saturated rings. The molecule has 3 aromatic heterocycles. The molecule has 0 aliphatic carbocycles. The van der Waals surface area contributed by atoms with Crippen LogP contribution in [0.4, 0.5) is 11.6 Å².